The van der Waals surface area contributed by atoms with Gasteiger partial charge in [-0.1, -0.05) is 6.92 Å². The second-order valence-corrected chi connectivity index (χ2v) is 4.07. The Kier molecular flexibility index (Phi) is 3.89. The molecule has 2 atom stereocenters. The van der Waals surface area contributed by atoms with Gasteiger partial charge in [0.2, 0.25) is 5.91 Å². The molecule has 1 fully saturated rings. The van der Waals surface area contributed by atoms with E-state index >= 15 is 0 Å². The van der Waals surface area contributed by atoms with Crippen LogP contribution in [-0.2, 0) is 9.53 Å². The van der Waals surface area contributed by atoms with Crippen molar-refractivity contribution in [3.05, 3.63) is 0 Å². The summed E-state index contributed by atoms with van der Waals surface area (Å²) in [4.78, 5) is 11.5. The Morgan fingerprint density at radius 3 is 2.93 bits per heavy atom. The van der Waals surface area contributed by atoms with Crippen molar-refractivity contribution < 1.29 is 14.6 Å². The molecule has 0 spiro atoms. The topological polar surface area (TPSA) is 58.6 Å². The zero-order valence-corrected chi connectivity index (χ0v) is 8.88. The summed E-state index contributed by atoms with van der Waals surface area (Å²) in [5, 5.41) is 12.4. The van der Waals surface area contributed by atoms with Gasteiger partial charge in [-0.15, -0.1) is 0 Å². The van der Waals surface area contributed by atoms with E-state index in [0.29, 0.717) is 19.6 Å². The van der Waals surface area contributed by atoms with Gasteiger partial charge in [-0.3, -0.25) is 4.79 Å². The van der Waals surface area contributed by atoms with E-state index in [1.54, 1.807) is 6.92 Å². The van der Waals surface area contributed by atoms with E-state index in [4.69, 9.17) is 4.74 Å². The number of nitrogens with one attached hydrogen (secondary N) is 1. The van der Waals surface area contributed by atoms with Crippen LogP contribution in [0.15, 0.2) is 0 Å². The Hall–Kier alpha value is -0.610. The van der Waals surface area contributed by atoms with Crippen LogP contribution >= 0.6 is 0 Å². The van der Waals surface area contributed by atoms with Gasteiger partial charge in [-0.25, -0.2) is 0 Å². The molecule has 1 unspecified atom stereocenters. The van der Waals surface area contributed by atoms with Crippen molar-refractivity contribution in [2.45, 2.75) is 44.8 Å². The molecule has 0 bridgehead atoms. The van der Waals surface area contributed by atoms with Gasteiger partial charge in [-0.05, 0) is 26.2 Å². The number of carbonyl (C=O) groups excluding carboxylic acids is 1. The lowest BCUT2D eigenvalue weighted by Crippen LogP contribution is -2.43. The molecule has 14 heavy (non-hydrogen) atoms. The maximum atomic E-state index is 11.5. The van der Waals surface area contributed by atoms with E-state index in [9.17, 15) is 9.90 Å². The summed E-state index contributed by atoms with van der Waals surface area (Å²) < 4.78 is 5.22. The second-order valence-electron chi connectivity index (χ2n) is 4.07. The average molecular weight is 201 g/mol. The molecule has 4 nitrogen and oxygen atoms in total. The summed E-state index contributed by atoms with van der Waals surface area (Å²) in [6.45, 7) is 4.56. The van der Waals surface area contributed by atoms with Crippen LogP contribution in [0, 0.1) is 0 Å². The Labute approximate surface area is 84.6 Å². The van der Waals surface area contributed by atoms with E-state index in [0.717, 1.165) is 12.8 Å². The molecule has 4 heteroatoms. The minimum atomic E-state index is -0.811. The largest absolute Gasteiger partial charge is 0.388 e. The van der Waals surface area contributed by atoms with Crippen molar-refractivity contribution in [2.75, 3.05) is 13.2 Å². The molecule has 2 N–H and O–H groups in total. The van der Waals surface area contributed by atoms with Crippen LogP contribution in [0.2, 0.25) is 0 Å². The number of hydrogen-bond acceptors (Lipinski definition) is 3. The van der Waals surface area contributed by atoms with Crippen molar-refractivity contribution in [1.82, 2.24) is 5.32 Å². The van der Waals surface area contributed by atoms with Gasteiger partial charge in [0.1, 0.15) is 6.10 Å². The van der Waals surface area contributed by atoms with E-state index in [-0.39, 0.29) is 12.0 Å². The molecule has 1 rings (SSSR count). The maximum absolute atomic E-state index is 11.5. The van der Waals surface area contributed by atoms with Gasteiger partial charge < -0.3 is 15.2 Å². The monoisotopic (exact) mass is 201 g/mol. The highest BCUT2D eigenvalue weighted by atomic mass is 16.5. The van der Waals surface area contributed by atoms with Crippen molar-refractivity contribution in [2.24, 2.45) is 0 Å². The first kappa shape index (κ1) is 11.5. The van der Waals surface area contributed by atoms with Crippen molar-refractivity contribution in [3.8, 4) is 0 Å². The first-order valence-corrected chi connectivity index (χ1v) is 5.17. The lowest BCUT2D eigenvalue weighted by Gasteiger charge is -2.22. The summed E-state index contributed by atoms with van der Waals surface area (Å²) in [6.07, 6.45) is 2.06. The first-order valence-electron chi connectivity index (χ1n) is 5.17. The third kappa shape index (κ3) is 3.27. The molecule has 0 aromatic rings. The van der Waals surface area contributed by atoms with Crippen LogP contribution in [0.1, 0.15) is 33.1 Å². The van der Waals surface area contributed by atoms with Gasteiger partial charge >= 0.3 is 0 Å². The molecule has 0 radical (unpaired) electrons. The standard InChI is InChI=1S/C10H19NO3/c1-3-10(2,13)7-11-9(12)8-5-4-6-14-8/h8,13H,3-7H2,1-2H3,(H,11,12)/t8-,10?/m1/s1. The summed E-state index contributed by atoms with van der Waals surface area (Å²) >= 11 is 0. The van der Waals surface area contributed by atoms with E-state index in [1.807, 2.05) is 6.92 Å². The van der Waals surface area contributed by atoms with Gasteiger partial charge in [0, 0.05) is 13.2 Å². The minimum absolute atomic E-state index is 0.101. The highest BCUT2D eigenvalue weighted by Crippen LogP contribution is 2.12. The summed E-state index contributed by atoms with van der Waals surface area (Å²) in [5.74, 6) is -0.101. The fourth-order valence-corrected chi connectivity index (χ4v) is 1.30. The third-order valence-electron chi connectivity index (χ3n) is 2.63. The summed E-state index contributed by atoms with van der Waals surface area (Å²) in [6, 6.07) is 0. The normalized spacial score (nSPS) is 25.8. The van der Waals surface area contributed by atoms with Crippen LogP contribution in [0.3, 0.4) is 0 Å². The van der Waals surface area contributed by atoms with Crippen LogP contribution < -0.4 is 5.32 Å². The van der Waals surface area contributed by atoms with Crippen LogP contribution in [-0.4, -0.2) is 35.9 Å². The van der Waals surface area contributed by atoms with Crippen LogP contribution in [0.5, 0.6) is 0 Å². The fraction of sp³-hybridized carbons (Fsp3) is 0.900. The molecule has 1 heterocycles. The highest BCUT2D eigenvalue weighted by Gasteiger charge is 2.25. The Balaban J connectivity index is 2.27. The molecule has 0 aliphatic carbocycles. The smallest absolute Gasteiger partial charge is 0.249 e. The molecule has 1 saturated heterocycles. The van der Waals surface area contributed by atoms with Crippen molar-refractivity contribution in [3.63, 3.8) is 0 Å². The molecular formula is C10H19NO3. The van der Waals surface area contributed by atoms with Crippen molar-refractivity contribution in [1.29, 1.82) is 0 Å². The molecule has 1 aliphatic rings. The number of hydrogen-bond donors (Lipinski definition) is 2. The number of carbonyl (C=O) groups is 1. The Morgan fingerprint density at radius 2 is 2.43 bits per heavy atom. The van der Waals surface area contributed by atoms with Crippen molar-refractivity contribution >= 4 is 5.91 Å². The lowest BCUT2D eigenvalue weighted by atomic mass is 10.0. The minimum Gasteiger partial charge on any atom is -0.388 e. The highest BCUT2D eigenvalue weighted by molar-refractivity contribution is 5.81. The van der Waals surface area contributed by atoms with E-state index < -0.39 is 5.60 Å². The predicted octanol–water partition coefficient (Wildman–Crippen LogP) is 0.443. The second kappa shape index (κ2) is 4.75. The summed E-state index contributed by atoms with van der Waals surface area (Å²) in [5.41, 5.74) is -0.811. The molecule has 0 saturated carbocycles. The third-order valence-corrected chi connectivity index (χ3v) is 2.63. The van der Waals surface area contributed by atoms with E-state index in [1.165, 1.54) is 0 Å². The lowest BCUT2D eigenvalue weighted by molar-refractivity contribution is -0.131. The zero-order valence-electron chi connectivity index (χ0n) is 8.88. The first-order chi connectivity index (χ1) is 6.55. The Morgan fingerprint density at radius 1 is 1.71 bits per heavy atom. The van der Waals surface area contributed by atoms with Crippen LogP contribution in [0.4, 0.5) is 0 Å². The Bertz CT molecular complexity index is 198. The maximum Gasteiger partial charge on any atom is 0.249 e. The zero-order chi connectivity index (χ0) is 10.6. The molecule has 0 aromatic carbocycles. The number of amides is 1. The number of aliphatic hydroxyl groups is 1. The quantitative estimate of drug-likeness (QED) is 0.694. The average Bonchev–Trinajstić information content (AvgIpc) is 2.67. The molecule has 0 aromatic heterocycles. The fourth-order valence-electron chi connectivity index (χ4n) is 1.30. The number of rotatable bonds is 4. The molecule has 82 valence electrons. The predicted molar refractivity (Wildman–Crippen MR) is 52.9 cm³/mol. The summed E-state index contributed by atoms with van der Waals surface area (Å²) in [7, 11) is 0. The molecule has 1 aliphatic heterocycles. The van der Waals surface area contributed by atoms with E-state index in [2.05, 4.69) is 5.32 Å². The SMILES string of the molecule is CCC(C)(O)CNC(=O)[C@H]1CCCO1. The number of ether oxygens (including phenoxy) is 1. The van der Waals surface area contributed by atoms with Gasteiger partial charge in [-0.2, -0.15) is 0 Å². The molecule has 1 amide bonds. The van der Waals surface area contributed by atoms with Gasteiger partial charge in [0.05, 0.1) is 5.60 Å². The van der Waals surface area contributed by atoms with Crippen LogP contribution in [0.25, 0.3) is 0 Å². The molecular weight excluding hydrogens is 182 g/mol. The van der Waals surface area contributed by atoms with Gasteiger partial charge in [0.15, 0.2) is 0 Å². The van der Waals surface area contributed by atoms with Gasteiger partial charge in [0.25, 0.3) is 0 Å².